The molecule has 0 unspecified atom stereocenters. The van der Waals surface area contributed by atoms with Gasteiger partial charge in [-0.25, -0.2) is 9.78 Å². The van der Waals surface area contributed by atoms with Crippen LogP contribution < -0.4 is 4.74 Å². The number of fused-ring (bicyclic) bond motifs is 1. The van der Waals surface area contributed by atoms with Crippen LogP contribution in [0.5, 0.6) is 5.75 Å². The summed E-state index contributed by atoms with van der Waals surface area (Å²) >= 11 is 1.34. The van der Waals surface area contributed by atoms with E-state index in [1.807, 2.05) is 48.5 Å². The molecule has 0 bridgehead atoms. The zero-order valence-corrected chi connectivity index (χ0v) is 16.7. The second-order valence-corrected chi connectivity index (χ2v) is 7.28. The maximum atomic E-state index is 12.7. The van der Waals surface area contributed by atoms with Gasteiger partial charge in [-0.2, -0.15) is 0 Å². The van der Waals surface area contributed by atoms with Crippen molar-refractivity contribution in [3.8, 4) is 16.3 Å². The van der Waals surface area contributed by atoms with E-state index in [4.69, 9.17) is 9.47 Å². The Morgan fingerprint density at radius 1 is 1.10 bits per heavy atom. The number of hydrogen-bond donors (Lipinski definition) is 1. The number of para-hydroxylation sites is 1. The van der Waals surface area contributed by atoms with Gasteiger partial charge in [-0.15, -0.1) is 11.3 Å². The molecule has 2 aromatic carbocycles. The second kappa shape index (κ2) is 7.89. The van der Waals surface area contributed by atoms with E-state index in [1.165, 1.54) is 11.3 Å². The lowest BCUT2D eigenvalue weighted by Crippen LogP contribution is -2.24. The van der Waals surface area contributed by atoms with Crippen molar-refractivity contribution in [3.05, 3.63) is 71.4 Å². The van der Waals surface area contributed by atoms with Gasteiger partial charge in [-0.3, -0.25) is 4.79 Å². The quantitative estimate of drug-likeness (QED) is 0.370. The molecule has 7 heteroatoms. The van der Waals surface area contributed by atoms with Crippen LogP contribution in [-0.2, 0) is 4.74 Å². The summed E-state index contributed by atoms with van der Waals surface area (Å²) in [4.78, 5) is 32.6. The SMILES string of the molecule is COc1ccc(-c2nc(C(=O)O[C@H](C)C(=O)c3c[nH]c4ccccc34)cs2)cc1. The summed E-state index contributed by atoms with van der Waals surface area (Å²) in [5.41, 5.74) is 2.41. The van der Waals surface area contributed by atoms with Gasteiger partial charge in [0, 0.05) is 33.6 Å². The summed E-state index contributed by atoms with van der Waals surface area (Å²) < 4.78 is 10.5. The van der Waals surface area contributed by atoms with Crippen LogP contribution >= 0.6 is 11.3 Å². The smallest absolute Gasteiger partial charge is 0.358 e. The highest BCUT2D eigenvalue weighted by molar-refractivity contribution is 7.13. The molecule has 0 aliphatic rings. The van der Waals surface area contributed by atoms with Crippen molar-refractivity contribution in [1.82, 2.24) is 9.97 Å². The molecule has 0 saturated heterocycles. The second-order valence-electron chi connectivity index (χ2n) is 6.43. The van der Waals surface area contributed by atoms with Crippen LogP contribution in [0.4, 0.5) is 0 Å². The van der Waals surface area contributed by atoms with Gasteiger partial charge in [0.25, 0.3) is 0 Å². The minimum Gasteiger partial charge on any atom is -0.497 e. The van der Waals surface area contributed by atoms with Crippen molar-refractivity contribution >= 4 is 34.0 Å². The molecule has 146 valence electrons. The molecule has 1 atom stereocenters. The van der Waals surface area contributed by atoms with Crippen molar-refractivity contribution < 1.29 is 19.1 Å². The standard InChI is InChI=1S/C22H18N2O4S/c1-13(20(25)17-11-23-18-6-4-3-5-16(17)18)28-22(26)19-12-29-21(24-19)14-7-9-15(27-2)10-8-14/h3-13,23H,1-2H3/t13-/m1/s1. The molecule has 0 aliphatic carbocycles. The molecule has 29 heavy (non-hydrogen) atoms. The summed E-state index contributed by atoms with van der Waals surface area (Å²) in [6.07, 6.45) is 0.718. The van der Waals surface area contributed by atoms with Crippen LogP contribution in [0.25, 0.3) is 21.5 Å². The predicted octanol–water partition coefficient (Wildman–Crippen LogP) is 4.73. The third-order valence-electron chi connectivity index (χ3n) is 4.56. The highest BCUT2D eigenvalue weighted by Gasteiger charge is 2.24. The Morgan fingerprint density at radius 3 is 2.62 bits per heavy atom. The van der Waals surface area contributed by atoms with E-state index in [2.05, 4.69) is 9.97 Å². The highest BCUT2D eigenvalue weighted by Crippen LogP contribution is 2.26. The lowest BCUT2D eigenvalue weighted by Gasteiger charge is -2.10. The monoisotopic (exact) mass is 406 g/mol. The first-order valence-electron chi connectivity index (χ1n) is 8.98. The average Bonchev–Trinajstić information content (AvgIpc) is 3.41. The number of carbonyl (C=O) groups is 2. The molecule has 0 saturated carbocycles. The number of carbonyl (C=O) groups excluding carboxylic acids is 2. The maximum Gasteiger partial charge on any atom is 0.358 e. The number of ether oxygens (including phenoxy) is 2. The zero-order chi connectivity index (χ0) is 20.4. The van der Waals surface area contributed by atoms with Crippen LogP contribution in [0.2, 0.25) is 0 Å². The molecular weight excluding hydrogens is 388 g/mol. The van der Waals surface area contributed by atoms with Crippen molar-refractivity contribution in [3.63, 3.8) is 0 Å². The number of ketones is 1. The van der Waals surface area contributed by atoms with Gasteiger partial charge < -0.3 is 14.5 Å². The number of nitrogens with one attached hydrogen (secondary N) is 1. The highest BCUT2D eigenvalue weighted by atomic mass is 32.1. The normalized spacial score (nSPS) is 11.9. The number of hydrogen-bond acceptors (Lipinski definition) is 6. The number of esters is 1. The van der Waals surface area contributed by atoms with E-state index in [0.717, 1.165) is 22.2 Å². The Morgan fingerprint density at radius 2 is 1.86 bits per heavy atom. The molecule has 0 spiro atoms. The van der Waals surface area contributed by atoms with E-state index in [0.29, 0.717) is 10.6 Å². The van der Waals surface area contributed by atoms with E-state index < -0.39 is 12.1 Å². The molecule has 0 fully saturated rings. The molecule has 4 rings (SSSR count). The molecule has 1 N–H and O–H groups in total. The Kier molecular flexibility index (Phi) is 5.14. The van der Waals surface area contributed by atoms with Gasteiger partial charge in [0.1, 0.15) is 10.8 Å². The van der Waals surface area contributed by atoms with Crippen molar-refractivity contribution in [1.29, 1.82) is 0 Å². The van der Waals surface area contributed by atoms with Gasteiger partial charge in [0.2, 0.25) is 5.78 Å². The molecule has 2 heterocycles. The van der Waals surface area contributed by atoms with Crippen LogP contribution in [0, 0.1) is 0 Å². The van der Waals surface area contributed by atoms with E-state index in [1.54, 1.807) is 25.6 Å². The minimum atomic E-state index is -0.923. The number of rotatable bonds is 6. The lowest BCUT2D eigenvalue weighted by molar-refractivity contribution is 0.0314. The Labute approximate surface area is 171 Å². The zero-order valence-electron chi connectivity index (χ0n) is 15.8. The van der Waals surface area contributed by atoms with Crippen LogP contribution in [0.3, 0.4) is 0 Å². The van der Waals surface area contributed by atoms with E-state index in [9.17, 15) is 9.59 Å². The van der Waals surface area contributed by atoms with Crippen LogP contribution in [-0.4, -0.2) is 34.9 Å². The third kappa shape index (κ3) is 3.77. The molecular formula is C22H18N2O4S. The summed E-state index contributed by atoms with van der Waals surface area (Å²) in [5.74, 6) is -0.141. The first kappa shape index (κ1) is 18.9. The number of methoxy groups -OCH3 is 1. The number of aromatic amines is 1. The van der Waals surface area contributed by atoms with Gasteiger partial charge in [0.15, 0.2) is 11.8 Å². The fourth-order valence-electron chi connectivity index (χ4n) is 3.00. The Hall–Kier alpha value is -3.45. The topological polar surface area (TPSA) is 81.3 Å². The number of benzene rings is 2. The van der Waals surface area contributed by atoms with Gasteiger partial charge in [0.05, 0.1) is 7.11 Å². The third-order valence-corrected chi connectivity index (χ3v) is 5.45. The summed E-state index contributed by atoms with van der Waals surface area (Å²) in [7, 11) is 1.60. The van der Waals surface area contributed by atoms with E-state index in [-0.39, 0.29) is 11.5 Å². The molecule has 4 aromatic rings. The van der Waals surface area contributed by atoms with Gasteiger partial charge in [-0.1, -0.05) is 18.2 Å². The molecule has 0 aliphatic heterocycles. The van der Waals surface area contributed by atoms with Crippen LogP contribution in [0.15, 0.2) is 60.1 Å². The van der Waals surface area contributed by atoms with Crippen molar-refractivity contribution in [2.45, 2.75) is 13.0 Å². The fraction of sp³-hybridized carbons (Fsp3) is 0.136. The van der Waals surface area contributed by atoms with Gasteiger partial charge >= 0.3 is 5.97 Å². The van der Waals surface area contributed by atoms with Gasteiger partial charge in [-0.05, 0) is 37.3 Å². The number of thiazole rings is 1. The number of Topliss-reactive ketones (excluding diaryl/α,β-unsaturated/α-hetero) is 1. The molecule has 2 aromatic heterocycles. The molecule has 6 nitrogen and oxygen atoms in total. The molecule has 0 radical (unpaired) electrons. The summed E-state index contributed by atoms with van der Waals surface area (Å²) in [6, 6.07) is 14.9. The number of aromatic nitrogens is 2. The average molecular weight is 406 g/mol. The number of nitrogens with zero attached hydrogens (tertiary/aromatic N) is 1. The van der Waals surface area contributed by atoms with Crippen LogP contribution in [0.1, 0.15) is 27.8 Å². The summed E-state index contributed by atoms with van der Waals surface area (Å²) in [5, 5.41) is 3.12. The first-order valence-corrected chi connectivity index (χ1v) is 9.86. The minimum absolute atomic E-state index is 0.180. The first-order chi connectivity index (χ1) is 14.1. The van der Waals surface area contributed by atoms with Crippen molar-refractivity contribution in [2.75, 3.05) is 7.11 Å². The predicted molar refractivity (Wildman–Crippen MR) is 112 cm³/mol. The fourth-order valence-corrected chi connectivity index (χ4v) is 3.80. The lowest BCUT2D eigenvalue weighted by atomic mass is 10.1. The number of H-pyrrole nitrogens is 1. The van der Waals surface area contributed by atoms with E-state index >= 15 is 0 Å². The largest absolute Gasteiger partial charge is 0.497 e. The Bertz CT molecular complexity index is 1180. The molecule has 0 amide bonds. The maximum absolute atomic E-state index is 12.7. The summed E-state index contributed by atoms with van der Waals surface area (Å²) in [6.45, 7) is 1.57. The van der Waals surface area contributed by atoms with Crippen molar-refractivity contribution in [2.24, 2.45) is 0 Å². The Balaban J connectivity index is 1.47.